The van der Waals surface area contributed by atoms with Gasteiger partial charge in [-0.25, -0.2) is 0 Å². The first-order valence-electron chi connectivity index (χ1n) is 9.58. The zero-order valence-corrected chi connectivity index (χ0v) is 16.6. The summed E-state index contributed by atoms with van der Waals surface area (Å²) in [7, 11) is 1.68. The van der Waals surface area contributed by atoms with E-state index in [1.165, 1.54) is 0 Å². The number of ether oxygens (including phenoxy) is 2. The molecule has 2 atom stereocenters. The summed E-state index contributed by atoms with van der Waals surface area (Å²) in [6, 6.07) is 15.4. The lowest BCUT2D eigenvalue weighted by Gasteiger charge is -2.47. The number of likely N-dealkylation sites (tertiary alicyclic amines) is 1. The Labute approximate surface area is 166 Å². The van der Waals surface area contributed by atoms with Crippen molar-refractivity contribution in [2.75, 3.05) is 20.3 Å². The Kier molecular flexibility index (Phi) is 6.33. The first-order chi connectivity index (χ1) is 13.5. The van der Waals surface area contributed by atoms with Gasteiger partial charge in [0.2, 0.25) is 6.10 Å². The van der Waals surface area contributed by atoms with Gasteiger partial charge in [-0.05, 0) is 67.6 Å². The van der Waals surface area contributed by atoms with Crippen molar-refractivity contribution in [3.63, 3.8) is 0 Å². The van der Waals surface area contributed by atoms with Gasteiger partial charge in [0.1, 0.15) is 11.8 Å². The van der Waals surface area contributed by atoms with Crippen molar-refractivity contribution in [3.8, 4) is 11.8 Å². The van der Waals surface area contributed by atoms with Crippen LogP contribution in [0, 0.1) is 25.2 Å². The summed E-state index contributed by atoms with van der Waals surface area (Å²) >= 11 is 0. The minimum Gasteiger partial charge on any atom is -0.478 e. The fourth-order valence-corrected chi connectivity index (χ4v) is 3.67. The summed E-state index contributed by atoms with van der Waals surface area (Å²) in [6.07, 6.45) is 1.24. The van der Waals surface area contributed by atoms with Crippen molar-refractivity contribution in [1.82, 2.24) is 4.90 Å². The maximum atomic E-state index is 12.8. The molecule has 2 aromatic carbocycles. The Morgan fingerprint density at radius 3 is 2.36 bits per heavy atom. The standard InChI is InChI=1S/C23H26N2O3/c1-16-12-17(2)14-20(13-16)28-22-21(19-8-6-18(15-24)7-9-19)25(23(22)26)10-4-5-11-27-3/h6-9,12-14,21-22H,4-5,10-11H2,1-3H3. The number of benzene rings is 2. The van der Waals surface area contributed by atoms with Crippen LogP contribution in [0.4, 0.5) is 0 Å². The molecule has 28 heavy (non-hydrogen) atoms. The van der Waals surface area contributed by atoms with Gasteiger partial charge in [0.25, 0.3) is 5.91 Å². The number of β-lactam (4-membered cyclic amide) rings is 1. The van der Waals surface area contributed by atoms with Gasteiger partial charge in [0, 0.05) is 20.3 Å². The van der Waals surface area contributed by atoms with E-state index in [1.807, 2.05) is 43.0 Å². The fourth-order valence-electron chi connectivity index (χ4n) is 3.67. The molecule has 2 unspecified atom stereocenters. The highest BCUT2D eigenvalue weighted by atomic mass is 16.5. The van der Waals surface area contributed by atoms with Crippen molar-refractivity contribution in [2.45, 2.75) is 38.8 Å². The summed E-state index contributed by atoms with van der Waals surface area (Å²) in [6.45, 7) is 5.39. The number of methoxy groups -OCH3 is 1. The Bertz CT molecular complexity index is 850. The quantitative estimate of drug-likeness (QED) is 0.516. The number of hydrogen-bond acceptors (Lipinski definition) is 4. The molecule has 0 aromatic heterocycles. The number of nitrogens with zero attached hydrogens (tertiary/aromatic N) is 2. The zero-order chi connectivity index (χ0) is 20.1. The number of amides is 1. The van der Waals surface area contributed by atoms with Crippen LogP contribution in [-0.2, 0) is 9.53 Å². The van der Waals surface area contributed by atoms with Crippen molar-refractivity contribution in [1.29, 1.82) is 5.26 Å². The molecule has 0 radical (unpaired) electrons. The molecule has 0 N–H and O–H groups in total. The van der Waals surface area contributed by atoms with Crippen LogP contribution in [0.15, 0.2) is 42.5 Å². The van der Waals surface area contributed by atoms with Crippen LogP contribution >= 0.6 is 0 Å². The third-order valence-electron chi connectivity index (χ3n) is 4.99. The Morgan fingerprint density at radius 2 is 1.75 bits per heavy atom. The van der Waals surface area contributed by atoms with Gasteiger partial charge >= 0.3 is 0 Å². The largest absolute Gasteiger partial charge is 0.478 e. The number of aryl methyl sites for hydroxylation is 2. The Hall–Kier alpha value is -2.84. The number of nitriles is 1. The maximum Gasteiger partial charge on any atom is 0.266 e. The average Bonchev–Trinajstić information content (AvgIpc) is 2.68. The number of unbranched alkanes of at least 4 members (excludes halogenated alkanes) is 1. The van der Waals surface area contributed by atoms with E-state index in [2.05, 4.69) is 12.1 Å². The van der Waals surface area contributed by atoms with Gasteiger partial charge in [0.05, 0.1) is 11.6 Å². The lowest BCUT2D eigenvalue weighted by molar-refractivity contribution is -0.164. The number of carbonyl (C=O) groups is 1. The highest BCUT2D eigenvalue weighted by Gasteiger charge is 2.49. The molecule has 0 saturated carbocycles. The van der Waals surface area contributed by atoms with E-state index in [-0.39, 0.29) is 11.9 Å². The summed E-state index contributed by atoms with van der Waals surface area (Å²) in [5, 5.41) is 9.05. The first kappa shape index (κ1) is 19.9. The topological polar surface area (TPSA) is 62.6 Å². The van der Waals surface area contributed by atoms with Gasteiger partial charge < -0.3 is 14.4 Å². The molecular weight excluding hydrogens is 352 g/mol. The average molecular weight is 378 g/mol. The van der Waals surface area contributed by atoms with Crippen LogP contribution in [0.1, 0.15) is 41.1 Å². The van der Waals surface area contributed by atoms with Crippen LogP contribution in [0.3, 0.4) is 0 Å². The lowest BCUT2D eigenvalue weighted by Crippen LogP contribution is -2.61. The molecule has 1 fully saturated rings. The molecule has 146 valence electrons. The monoisotopic (exact) mass is 378 g/mol. The van der Waals surface area contributed by atoms with E-state index in [0.29, 0.717) is 24.5 Å². The van der Waals surface area contributed by atoms with Crippen LogP contribution in [0.25, 0.3) is 0 Å². The van der Waals surface area contributed by atoms with Crippen molar-refractivity contribution in [3.05, 3.63) is 64.7 Å². The van der Waals surface area contributed by atoms with Crippen LogP contribution in [0.2, 0.25) is 0 Å². The Balaban J connectivity index is 1.80. The van der Waals surface area contributed by atoms with Gasteiger partial charge in [-0.1, -0.05) is 18.2 Å². The summed E-state index contributed by atoms with van der Waals surface area (Å²) < 4.78 is 11.2. The molecule has 3 rings (SSSR count). The second-order valence-corrected chi connectivity index (χ2v) is 7.27. The van der Waals surface area contributed by atoms with E-state index in [0.717, 1.165) is 29.5 Å². The minimum atomic E-state index is -0.545. The molecule has 2 aromatic rings. The van der Waals surface area contributed by atoms with Gasteiger partial charge in [-0.3, -0.25) is 4.79 Å². The normalized spacial score (nSPS) is 18.5. The SMILES string of the molecule is COCCCCN1C(=O)C(Oc2cc(C)cc(C)c2)C1c1ccc(C#N)cc1. The lowest BCUT2D eigenvalue weighted by atomic mass is 9.89. The maximum absolute atomic E-state index is 12.8. The number of rotatable bonds is 8. The van der Waals surface area contributed by atoms with Gasteiger partial charge in [-0.2, -0.15) is 5.26 Å². The molecule has 0 spiro atoms. The van der Waals surface area contributed by atoms with Crippen molar-refractivity contribution >= 4 is 5.91 Å². The molecule has 0 bridgehead atoms. The fraction of sp³-hybridized carbons (Fsp3) is 0.391. The third kappa shape index (κ3) is 4.35. The molecule has 1 aliphatic rings. The zero-order valence-electron chi connectivity index (χ0n) is 16.6. The van der Waals surface area contributed by atoms with Gasteiger partial charge in [-0.15, -0.1) is 0 Å². The molecule has 1 saturated heterocycles. The summed E-state index contributed by atoms with van der Waals surface area (Å²) in [4.78, 5) is 14.7. The van der Waals surface area contributed by atoms with E-state index in [4.69, 9.17) is 14.7 Å². The molecule has 1 aliphatic heterocycles. The van der Waals surface area contributed by atoms with E-state index >= 15 is 0 Å². The van der Waals surface area contributed by atoms with Gasteiger partial charge in [0.15, 0.2) is 0 Å². The second kappa shape index (κ2) is 8.90. The third-order valence-corrected chi connectivity index (χ3v) is 4.99. The minimum absolute atomic E-state index is 0.00550. The number of hydrogen-bond donors (Lipinski definition) is 0. The van der Waals surface area contributed by atoms with Crippen molar-refractivity contribution in [2.24, 2.45) is 0 Å². The van der Waals surface area contributed by atoms with Crippen molar-refractivity contribution < 1.29 is 14.3 Å². The summed E-state index contributed by atoms with van der Waals surface area (Å²) in [5.74, 6) is 0.722. The van der Waals surface area contributed by atoms with E-state index in [1.54, 1.807) is 19.2 Å². The Morgan fingerprint density at radius 1 is 1.07 bits per heavy atom. The molecule has 1 heterocycles. The predicted octanol–water partition coefficient (Wildman–Crippen LogP) is 3.93. The van der Waals surface area contributed by atoms with Crippen LogP contribution in [0.5, 0.6) is 5.75 Å². The molecule has 5 heteroatoms. The predicted molar refractivity (Wildman–Crippen MR) is 107 cm³/mol. The molecular formula is C23H26N2O3. The summed E-state index contributed by atoms with van der Waals surface area (Å²) in [5.41, 5.74) is 3.80. The van der Waals surface area contributed by atoms with Crippen LogP contribution < -0.4 is 4.74 Å². The molecule has 1 amide bonds. The highest BCUT2D eigenvalue weighted by molar-refractivity contribution is 5.89. The second-order valence-electron chi connectivity index (χ2n) is 7.27. The highest BCUT2D eigenvalue weighted by Crippen LogP contribution is 2.38. The number of carbonyl (C=O) groups excluding carboxylic acids is 1. The smallest absolute Gasteiger partial charge is 0.266 e. The van der Waals surface area contributed by atoms with E-state index < -0.39 is 6.10 Å². The molecule has 0 aliphatic carbocycles. The van der Waals surface area contributed by atoms with Crippen LogP contribution in [-0.4, -0.2) is 37.2 Å². The van der Waals surface area contributed by atoms with E-state index in [9.17, 15) is 4.79 Å². The molecule has 5 nitrogen and oxygen atoms in total. The first-order valence-corrected chi connectivity index (χ1v) is 9.58.